The van der Waals surface area contributed by atoms with E-state index in [0.717, 1.165) is 23.0 Å². The molecule has 0 saturated carbocycles. The Morgan fingerprint density at radius 1 is 1.33 bits per heavy atom. The van der Waals surface area contributed by atoms with Gasteiger partial charge >= 0.3 is 0 Å². The Morgan fingerprint density at radius 3 is 2.78 bits per heavy atom. The summed E-state index contributed by atoms with van der Waals surface area (Å²) in [6.07, 6.45) is 1.68. The van der Waals surface area contributed by atoms with Crippen molar-refractivity contribution in [2.45, 2.75) is 13.1 Å². The van der Waals surface area contributed by atoms with Crippen LogP contribution in [0.5, 0.6) is 0 Å². The standard InChI is InChI=1S/C14H17ClN2O/c1-16-9-11-5-6-14(13(15)8-11)17(2)10-12-4-3-7-18-12/h3-8,16H,9-10H2,1-2H3. The van der Waals surface area contributed by atoms with E-state index in [1.54, 1.807) is 6.26 Å². The minimum Gasteiger partial charge on any atom is -0.467 e. The van der Waals surface area contributed by atoms with E-state index in [1.165, 1.54) is 5.56 Å². The van der Waals surface area contributed by atoms with Crippen molar-refractivity contribution in [3.05, 3.63) is 52.9 Å². The fourth-order valence-corrected chi connectivity index (χ4v) is 2.24. The van der Waals surface area contributed by atoms with Crippen molar-refractivity contribution < 1.29 is 4.42 Å². The molecule has 0 fully saturated rings. The Hall–Kier alpha value is -1.45. The SMILES string of the molecule is CNCc1ccc(N(C)Cc2ccco2)c(Cl)c1. The van der Waals surface area contributed by atoms with Crippen molar-refractivity contribution in [3.8, 4) is 0 Å². The van der Waals surface area contributed by atoms with Crippen LogP contribution in [-0.4, -0.2) is 14.1 Å². The van der Waals surface area contributed by atoms with Crippen LogP contribution in [0.25, 0.3) is 0 Å². The zero-order valence-electron chi connectivity index (χ0n) is 10.6. The predicted octanol–water partition coefficient (Wildman–Crippen LogP) is 3.29. The number of hydrogen-bond donors (Lipinski definition) is 1. The molecule has 0 unspecified atom stereocenters. The lowest BCUT2D eigenvalue weighted by Crippen LogP contribution is -2.16. The monoisotopic (exact) mass is 264 g/mol. The number of furan rings is 1. The summed E-state index contributed by atoms with van der Waals surface area (Å²) >= 11 is 6.30. The summed E-state index contributed by atoms with van der Waals surface area (Å²) in [5.41, 5.74) is 2.19. The molecule has 4 heteroatoms. The molecule has 0 radical (unpaired) electrons. The molecule has 2 aromatic rings. The van der Waals surface area contributed by atoms with Crippen LogP contribution in [0.2, 0.25) is 5.02 Å². The average Bonchev–Trinajstić information content (AvgIpc) is 2.82. The quantitative estimate of drug-likeness (QED) is 0.898. The number of benzene rings is 1. The lowest BCUT2D eigenvalue weighted by molar-refractivity contribution is 0.507. The summed E-state index contributed by atoms with van der Waals surface area (Å²) in [5.74, 6) is 0.924. The van der Waals surface area contributed by atoms with Gasteiger partial charge in [0.2, 0.25) is 0 Å². The summed E-state index contributed by atoms with van der Waals surface area (Å²) in [6.45, 7) is 1.53. The second kappa shape index (κ2) is 5.94. The molecule has 0 aliphatic rings. The molecule has 0 aliphatic carbocycles. The number of hydrogen-bond acceptors (Lipinski definition) is 3. The fourth-order valence-electron chi connectivity index (χ4n) is 1.90. The first-order chi connectivity index (χ1) is 8.70. The molecular weight excluding hydrogens is 248 g/mol. The van der Waals surface area contributed by atoms with Gasteiger partial charge in [-0.05, 0) is 36.9 Å². The molecule has 2 rings (SSSR count). The van der Waals surface area contributed by atoms with Crippen molar-refractivity contribution in [3.63, 3.8) is 0 Å². The topological polar surface area (TPSA) is 28.4 Å². The minimum atomic E-state index is 0.706. The Balaban J connectivity index is 2.12. The molecule has 1 aromatic carbocycles. The van der Waals surface area contributed by atoms with E-state index in [1.807, 2.05) is 38.4 Å². The number of halogens is 1. The number of rotatable bonds is 5. The molecule has 18 heavy (non-hydrogen) atoms. The zero-order chi connectivity index (χ0) is 13.0. The van der Waals surface area contributed by atoms with Crippen LogP contribution >= 0.6 is 11.6 Å². The summed E-state index contributed by atoms with van der Waals surface area (Å²) in [6, 6.07) is 9.96. The maximum Gasteiger partial charge on any atom is 0.123 e. The number of anilines is 1. The van der Waals surface area contributed by atoms with E-state index in [0.29, 0.717) is 6.54 Å². The molecule has 0 amide bonds. The predicted molar refractivity (Wildman–Crippen MR) is 75.0 cm³/mol. The average molecular weight is 265 g/mol. The third-order valence-electron chi connectivity index (χ3n) is 2.78. The molecule has 0 saturated heterocycles. The van der Waals surface area contributed by atoms with Gasteiger partial charge in [0, 0.05) is 13.6 Å². The molecule has 3 nitrogen and oxygen atoms in total. The van der Waals surface area contributed by atoms with Gasteiger partial charge in [0.1, 0.15) is 5.76 Å². The molecule has 0 bridgehead atoms. The van der Waals surface area contributed by atoms with Crippen LogP contribution in [0.1, 0.15) is 11.3 Å². The van der Waals surface area contributed by atoms with Gasteiger partial charge in [-0.2, -0.15) is 0 Å². The van der Waals surface area contributed by atoms with Gasteiger partial charge in [0.15, 0.2) is 0 Å². The fraction of sp³-hybridized carbons (Fsp3) is 0.286. The van der Waals surface area contributed by atoms with Crippen LogP contribution in [0.4, 0.5) is 5.69 Å². The maximum absolute atomic E-state index is 6.30. The lowest BCUT2D eigenvalue weighted by Gasteiger charge is -2.19. The molecule has 0 spiro atoms. The van der Waals surface area contributed by atoms with Crippen LogP contribution in [-0.2, 0) is 13.1 Å². The van der Waals surface area contributed by atoms with Crippen molar-refractivity contribution in [2.24, 2.45) is 0 Å². The Morgan fingerprint density at radius 2 is 2.17 bits per heavy atom. The van der Waals surface area contributed by atoms with Gasteiger partial charge in [-0.1, -0.05) is 17.7 Å². The van der Waals surface area contributed by atoms with Crippen LogP contribution < -0.4 is 10.2 Å². The molecular formula is C14H17ClN2O. The highest BCUT2D eigenvalue weighted by Crippen LogP contribution is 2.27. The summed E-state index contributed by atoms with van der Waals surface area (Å²) < 4.78 is 5.33. The van der Waals surface area contributed by atoms with E-state index in [2.05, 4.69) is 16.3 Å². The van der Waals surface area contributed by atoms with E-state index in [-0.39, 0.29) is 0 Å². The molecule has 1 N–H and O–H groups in total. The van der Waals surface area contributed by atoms with Gasteiger partial charge in [0.25, 0.3) is 0 Å². The van der Waals surface area contributed by atoms with Gasteiger partial charge < -0.3 is 14.6 Å². The molecule has 96 valence electrons. The Kier molecular flexibility index (Phi) is 4.28. The first-order valence-electron chi connectivity index (χ1n) is 5.87. The maximum atomic E-state index is 6.30. The smallest absolute Gasteiger partial charge is 0.123 e. The second-order valence-electron chi connectivity index (χ2n) is 4.25. The minimum absolute atomic E-state index is 0.706. The molecule has 0 aliphatic heterocycles. The zero-order valence-corrected chi connectivity index (χ0v) is 11.4. The molecule has 1 aromatic heterocycles. The van der Waals surface area contributed by atoms with Gasteiger partial charge in [-0.15, -0.1) is 0 Å². The van der Waals surface area contributed by atoms with Gasteiger partial charge in [0.05, 0.1) is 23.5 Å². The first-order valence-corrected chi connectivity index (χ1v) is 6.25. The third kappa shape index (κ3) is 3.06. The number of nitrogens with one attached hydrogen (secondary N) is 1. The van der Waals surface area contributed by atoms with Crippen LogP contribution in [0.3, 0.4) is 0 Å². The van der Waals surface area contributed by atoms with Crippen LogP contribution in [0.15, 0.2) is 41.0 Å². The van der Waals surface area contributed by atoms with E-state index >= 15 is 0 Å². The lowest BCUT2D eigenvalue weighted by atomic mass is 10.2. The van der Waals surface area contributed by atoms with Crippen molar-refractivity contribution >= 4 is 17.3 Å². The third-order valence-corrected chi connectivity index (χ3v) is 3.08. The largest absolute Gasteiger partial charge is 0.467 e. The Bertz CT molecular complexity index is 497. The van der Waals surface area contributed by atoms with Gasteiger partial charge in [-0.25, -0.2) is 0 Å². The first kappa shape index (κ1) is 13.0. The summed E-state index contributed by atoms with van der Waals surface area (Å²) in [4.78, 5) is 2.07. The van der Waals surface area contributed by atoms with Crippen LogP contribution in [0, 0.1) is 0 Å². The highest BCUT2D eigenvalue weighted by molar-refractivity contribution is 6.33. The van der Waals surface area contributed by atoms with E-state index < -0.39 is 0 Å². The number of nitrogens with zero attached hydrogens (tertiary/aromatic N) is 1. The van der Waals surface area contributed by atoms with Gasteiger partial charge in [-0.3, -0.25) is 0 Å². The van der Waals surface area contributed by atoms with Crippen molar-refractivity contribution in [1.82, 2.24) is 5.32 Å². The van der Waals surface area contributed by atoms with E-state index in [9.17, 15) is 0 Å². The highest BCUT2D eigenvalue weighted by Gasteiger charge is 2.08. The molecule has 0 atom stereocenters. The summed E-state index contributed by atoms with van der Waals surface area (Å²) in [7, 11) is 3.92. The normalized spacial score (nSPS) is 10.6. The Labute approximate surface area is 112 Å². The highest BCUT2D eigenvalue weighted by atomic mass is 35.5. The van der Waals surface area contributed by atoms with Crippen molar-refractivity contribution in [1.29, 1.82) is 0 Å². The molecule has 1 heterocycles. The van der Waals surface area contributed by atoms with E-state index in [4.69, 9.17) is 16.0 Å². The summed E-state index contributed by atoms with van der Waals surface area (Å²) in [5, 5.41) is 3.87. The second-order valence-corrected chi connectivity index (χ2v) is 4.66. The van der Waals surface area contributed by atoms with Crippen molar-refractivity contribution in [2.75, 3.05) is 19.0 Å².